The standard InChI is InChI=1S/C11H17N3O2/c12-5-8-6-14(7-8)11(15)10(13)9-1-3-16-4-2-9/h8-10H,1-4,6-7,13H2/t10-/m0/s1. The molecule has 0 aromatic heterocycles. The zero-order valence-corrected chi connectivity index (χ0v) is 9.26. The van der Waals surface area contributed by atoms with Gasteiger partial charge in [-0.2, -0.15) is 5.26 Å². The molecule has 88 valence electrons. The number of hydrogen-bond acceptors (Lipinski definition) is 4. The van der Waals surface area contributed by atoms with Crippen molar-refractivity contribution in [1.82, 2.24) is 4.90 Å². The fourth-order valence-corrected chi connectivity index (χ4v) is 2.23. The van der Waals surface area contributed by atoms with Crippen LogP contribution >= 0.6 is 0 Å². The summed E-state index contributed by atoms with van der Waals surface area (Å²) in [6.45, 7) is 2.50. The second kappa shape index (κ2) is 4.81. The summed E-state index contributed by atoms with van der Waals surface area (Å²) < 4.78 is 5.24. The lowest BCUT2D eigenvalue weighted by Gasteiger charge is -2.39. The average Bonchev–Trinajstić information content (AvgIpc) is 2.27. The van der Waals surface area contributed by atoms with Crippen LogP contribution in [0, 0.1) is 23.2 Å². The number of amides is 1. The van der Waals surface area contributed by atoms with Crippen molar-refractivity contribution in [2.75, 3.05) is 26.3 Å². The Labute approximate surface area is 95.1 Å². The summed E-state index contributed by atoms with van der Waals surface area (Å²) in [6, 6.07) is 1.74. The molecule has 0 aromatic rings. The Bertz CT molecular complexity index is 301. The van der Waals surface area contributed by atoms with Gasteiger partial charge in [-0.25, -0.2) is 0 Å². The van der Waals surface area contributed by atoms with Gasteiger partial charge >= 0.3 is 0 Å². The number of carbonyl (C=O) groups excluding carboxylic acids is 1. The van der Waals surface area contributed by atoms with E-state index in [4.69, 9.17) is 15.7 Å². The maximum atomic E-state index is 11.9. The Morgan fingerprint density at radius 3 is 2.62 bits per heavy atom. The van der Waals surface area contributed by atoms with Crippen LogP contribution in [0.15, 0.2) is 0 Å². The third-order valence-electron chi connectivity index (χ3n) is 3.43. The third-order valence-corrected chi connectivity index (χ3v) is 3.43. The van der Waals surface area contributed by atoms with Crippen molar-refractivity contribution in [2.45, 2.75) is 18.9 Å². The number of hydrogen-bond donors (Lipinski definition) is 1. The Kier molecular flexibility index (Phi) is 3.42. The van der Waals surface area contributed by atoms with Crippen LogP contribution in [0.2, 0.25) is 0 Å². The molecule has 2 N–H and O–H groups in total. The number of ether oxygens (including phenoxy) is 1. The van der Waals surface area contributed by atoms with Crippen LogP contribution in [0.25, 0.3) is 0 Å². The number of rotatable bonds is 2. The zero-order chi connectivity index (χ0) is 11.5. The highest BCUT2D eigenvalue weighted by Gasteiger charge is 2.36. The molecular weight excluding hydrogens is 206 g/mol. The van der Waals surface area contributed by atoms with Crippen molar-refractivity contribution in [2.24, 2.45) is 17.6 Å². The molecular formula is C11H17N3O2. The maximum absolute atomic E-state index is 11.9. The first-order valence-corrected chi connectivity index (χ1v) is 5.74. The van der Waals surface area contributed by atoms with Crippen LogP contribution in [0.5, 0.6) is 0 Å². The van der Waals surface area contributed by atoms with Crippen LogP contribution in [0.1, 0.15) is 12.8 Å². The average molecular weight is 223 g/mol. The minimum absolute atomic E-state index is 0.00148. The molecule has 0 aliphatic carbocycles. The maximum Gasteiger partial charge on any atom is 0.239 e. The van der Waals surface area contributed by atoms with Gasteiger partial charge in [0.25, 0.3) is 0 Å². The van der Waals surface area contributed by atoms with Crippen LogP contribution < -0.4 is 5.73 Å². The van der Waals surface area contributed by atoms with Crippen molar-refractivity contribution in [3.8, 4) is 6.07 Å². The number of nitrogens with two attached hydrogens (primary N) is 1. The lowest BCUT2D eigenvalue weighted by atomic mass is 9.90. The van der Waals surface area contributed by atoms with Gasteiger partial charge in [0, 0.05) is 26.3 Å². The van der Waals surface area contributed by atoms with Crippen LogP contribution in [0.4, 0.5) is 0 Å². The third kappa shape index (κ3) is 2.18. The molecule has 1 atom stereocenters. The number of nitriles is 1. The van der Waals surface area contributed by atoms with Crippen molar-refractivity contribution < 1.29 is 9.53 Å². The molecule has 2 heterocycles. The first-order valence-electron chi connectivity index (χ1n) is 5.74. The van der Waals surface area contributed by atoms with Gasteiger partial charge in [0.15, 0.2) is 0 Å². The zero-order valence-electron chi connectivity index (χ0n) is 9.26. The highest BCUT2D eigenvalue weighted by atomic mass is 16.5. The molecule has 0 spiro atoms. The monoisotopic (exact) mass is 223 g/mol. The molecule has 0 unspecified atom stereocenters. The van der Waals surface area contributed by atoms with Gasteiger partial charge in [-0.15, -0.1) is 0 Å². The van der Waals surface area contributed by atoms with E-state index in [0.717, 1.165) is 12.8 Å². The summed E-state index contributed by atoms with van der Waals surface area (Å²) in [6.07, 6.45) is 1.73. The van der Waals surface area contributed by atoms with E-state index in [1.807, 2.05) is 0 Å². The van der Waals surface area contributed by atoms with Crippen LogP contribution in [-0.2, 0) is 9.53 Å². The van der Waals surface area contributed by atoms with E-state index in [1.54, 1.807) is 4.90 Å². The molecule has 5 nitrogen and oxygen atoms in total. The van der Waals surface area contributed by atoms with Gasteiger partial charge < -0.3 is 15.4 Å². The SMILES string of the molecule is N#CC1CN(C(=O)[C@@H](N)C2CCOCC2)C1. The van der Waals surface area contributed by atoms with Gasteiger partial charge in [-0.3, -0.25) is 4.79 Å². The number of likely N-dealkylation sites (tertiary alicyclic amines) is 1. The molecule has 5 heteroatoms. The van der Waals surface area contributed by atoms with E-state index in [0.29, 0.717) is 26.3 Å². The lowest BCUT2D eigenvalue weighted by molar-refractivity contribution is -0.139. The first-order chi connectivity index (χ1) is 7.72. The first kappa shape index (κ1) is 11.4. The molecule has 16 heavy (non-hydrogen) atoms. The van der Waals surface area contributed by atoms with E-state index in [9.17, 15) is 4.79 Å². The second-order valence-electron chi connectivity index (χ2n) is 4.54. The van der Waals surface area contributed by atoms with Crippen LogP contribution in [0.3, 0.4) is 0 Å². The Hall–Kier alpha value is -1.12. The minimum atomic E-state index is -0.413. The smallest absolute Gasteiger partial charge is 0.239 e. The molecule has 1 amide bonds. The fraction of sp³-hybridized carbons (Fsp3) is 0.818. The molecule has 2 saturated heterocycles. The van der Waals surface area contributed by atoms with Crippen molar-refractivity contribution in [1.29, 1.82) is 5.26 Å². The summed E-state index contributed by atoms with van der Waals surface area (Å²) in [7, 11) is 0. The lowest BCUT2D eigenvalue weighted by Crippen LogP contribution is -2.57. The molecule has 2 rings (SSSR count). The van der Waals surface area contributed by atoms with E-state index in [1.165, 1.54) is 0 Å². The Balaban J connectivity index is 1.83. The largest absolute Gasteiger partial charge is 0.381 e. The normalized spacial score (nSPS) is 24.6. The number of nitrogens with zero attached hydrogens (tertiary/aromatic N) is 2. The van der Waals surface area contributed by atoms with Crippen molar-refractivity contribution in [3.05, 3.63) is 0 Å². The topological polar surface area (TPSA) is 79.4 Å². The second-order valence-corrected chi connectivity index (χ2v) is 4.54. The molecule has 0 saturated carbocycles. The predicted molar refractivity (Wildman–Crippen MR) is 57.2 cm³/mol. The summed E-state index contributed by atoms with van der Waals surface area (Å²) in [5, 5.41) is 8.64. The molecule has 2 fully saturated rings. The van der Waals surface area contributed by atoms with Gasteiger partial charge in [0.2, 0.25) is 5.91 Å². The summed E-state index contributed by atoms with van der Waals surface area (Å²) in [5.41, 5.74) is 5.96. The number of carbonyl (C=O) groups is 1. The molecule has 0 aromatic carbocycles. The highest BCUT2D eigenvalue weighted by molar-refractivity contribution is 5.82. The highest BCUT2D eigenvalue weighted by Crippen LogP contribution is 2.22. The van der Waals surface area contributed by atoms with Crippen molar-refractivity contribution in [3.63, 3.8) is 0 Å². The predicted octanol–water partition coefficient (Wildman–Crippen LogP) is -0.278. The Morgan fingerprint density at radius 1 is 1.44 bits per heavy atom. The molecule has 0 bridgehead atoms. The van der Waals surface area contributed by atoms with E-state index < -0.39 is 6.04 Å². The van der Waals surface area contributed by atoms with Crippen molar-refractivity contribution >= 4 is 5.91 Å². The summed E-state index contributed by atoms with van der Waals surface area (Å²) >= 11 is 0. The van der Waals surface area contributed by atoms with Gasteiger partial charge in [-0.05, 0) is 18.8 Å². The van der Waals surface area contributed by atoms with E-state index in [-0.39, 0.29) is 17.7 Å². The Morgan fingerprint density at radius 2 is 2.06 bits per heavy atom. The van der Waals surface area contributed by atoms with E-state index in [2.05, 4.69) is 6.07 Å². The quantitative estimate of drug-likeness (QED) is 0.698. The van der Waals surface area contributed by atoms with Crippen LogP contribution in [-0.4, -0.2) is 43.2 Å². The fourth-order valence-electron chi connectivity index (χ4n) is 2.23. The molecule has 2 aliphatic heterocycles. The summed E-state index contributed by atoms with van der Waals surface area (Å²) in [5.74, 6) is 0.242. The summed E-state index contributed by atoms with van der Waals surface area (Å²) in [4.78, 5) is 13.6. The van der Waals surface area contributed by atoms with Gasteiger partial charge in [-0.1, -0.05) is 0 Å². The molecule has 2 aliphatic rings. The van der Waals surface area contributed by atoms with E-state index >= 15 is 0 Å². The molecule has 0 radical (unpaired) electrons. The van der Waals surface area contributed by atoms with Gasteiger partial charge in [0.1, 0.15) is 0 Å². The minimum Gasteiger partial charge on any atom is -0.381 e. The van der Waals surface area contributed by atoms with Gasteiger partial charge in [0.05, 0.1) is 18.0 Å².